The van der Waals surface area contributed by atoms with E-state index in [2.05, 4.69) is 30.0 Å². The summed E-state index contributed by atoms with van der Waals surface area (Å²) in [6.45, 7) is 5.42. The summed E-state index contributed by atoms with van der Waals surface area (Å²) >= 11 is 1.02. The number of aromatic nitrogens is 1. The molecule has 1 aromatic carbocycles. The van der Waals surface area contributed by atoms with Crippen LogP contribution in [0.1, 0.15) is 36.4 Å². The van der Waals surface area contributed by atoms with Crippen LogP contribution in [-0.4, -0.2) is 101 Å². The number of carboxylic acids is 1. The molecule has 3 atom stereocenters. The number of oxime groups is 1. The van der Waals surface area contributed by atoms with Gasteiger partial charge in [-0.3, -0.25) is 19.1 Å². The molecule has 3 heterocycles. The van der Waals surface area contributed by atoms with Crippen molar-refractivity contribution in [2.45, 2.75) is 50.9 Å². The lowest BCUT2D eigenvalue weighted by Crippen LogP contribution is -2.76. The molecule has 2 fully saturated rings. The van der Waals surface area contributed by atoms with Gasteiger partial charge in [-0.15, -0.1) is 15.6 Å². The lowest BCUT2D eigenvalue weighted by atomic mass is 9.84. The van der Waals surface area contributed by atoms with Crippen molar-refractivity contribution < 1.29 is 46.3 Å². The SMILES string of the molecule is Cc1sc(N)nc1C(=NOC(COc1ccc(C(N)=NC2CCNC2)cc1)C(=O)O)C(=O)NC1C(=O)N(OS(=O)(=O)O)C1(C)C. The van der Waals surface area contributed by atoms with E-state index in [0.29, 0.717) is 27.1 Å². The molecule has 8 N–H and O–H groups in total. The number of hydrogen-bond acceptors (Lipinski definition) is 14. The number of amides is 2. The molecule has 3 unspecified atom stereocenters. The first-order valence-electron chi connectivity index (χ1n) is 13.4. The Hall–Kier alpha value is -4.37. The Morgan fingerprint density at radius 3 is 2.53 bits per heavy atom. The predicted molar refractivity (Wildman–Crippen MR) is 160 cm³/mol. The molecule has 1 aromatic heterocycles. The number of carbonyl (C=O) groups is 3. The average Bonchev–Trinajstić information content (AvgIpc) is 3.60. The van der Waals surface area contributed by atoms with Crippen LogP contribution >= 0.6 is 11.3 Å². The molecule has 2 saturated heterocycles. The number of carboxylic acid groups (broad SMARTS) is 1. The van der Waals surface area contributed by atoms with Gasteiger partial charge in [0, 0.05) is 17.0 Å². The van der Waals surface area contributed by atoms with Gasteiger partial charge in [0.2, 0.25) is 0 Å². The van der Waals surface area contributed by atoms with Crippen LogP contribution in [0.3, 0.4) is 0 Å². The van der Waals surface area contributed by atoms with Crippen LogP contribution in [0, 0.1) is 6.92 Å². The molecule has 0 saturated carbocycles. The van der Waals surface area contributed by atoms with E-state index < -0.39 is 58.2 Å². The van der Waals surface area contributed by atoms with Crippen molar-refractivity contribution in [2.24, 2.45) is 15.9 Å². The molecular formula is C25H32N8O10S2. The van der Waals surface area contributed by atoms with Gasteiger partial charge in [0.1, 0.15) is 29.9 Å². The van der Waals surface area contributed by atoms with Gasteiger partial charge < -0.3 is 36.8 Å². The molecule has 0 bridgehead atoms. The summed E-state index contributed by atoms with van der Waals surface area (Å²) in [6, 6.07) is 5.28. The summed E-state index contributed by atoms with van der Waals surface area (Å²) in [6.07, 6.45) is -0.799. The molecule has 244 valence electrons. The third-order valence-corrected chi connectivity index (χ3v) is 7.97. The number of benzene rings is 1. The summed E-state index contributed by atoms with van der Waals surface area (Å²) in [5.41, 5.74) is 10.6. The molecule has 45 heavy (non-hydrogen) atoms. The fourth-order valence-corrected chi connectivity index (χ4v) is 5.57. The first-order chi connectivity index (χ1) is 21.1. The zero-order chi connectivity index (χ0) is 33.1. The van der Waals surface area contributed by atoms with Crippen molar-refractivity contribution in [2.75, 3.05) is 25.4 Å². The van der Waals surface area contributed by atoms with Crippen molar-refractivity contribution >= 4 is 56.2 Å². The second-order valence-corrected chi connectivity index (χ2v) is 12.8. The number of nitrogens with one attached hydrogen (secondary N) is 2. The number of carbonyl (C=O) groups excluding carboxylic acids is 2. The van der Waals surface area contributed by atoms with Crippen LogP contribution in [0.25, 0.3) is 0 Å². The second-order valence-electron chi connectivity index (χ2n) is 10.5. The molecule has 20 heteroatoms. The average molecular weight is 669 g/mol. The Kier molecular flexibility index (Phi) is 9.92. The topological polar surface area (TPSA) is 270 Å². The van der Waals surface area contributed by atoms with Crippen LogP contribution < -0.4 is 26.8 Å². The highest BCUT2D eigenvalue weighted by Gasteiger charge is 2.58. The van der Waals surface area contributed by atoms with E-state index in [-0.39, 0.29) is 16.9 Å². The number of nitrogens with two attached hydrogens (primary N) is 2. The number of aliphatic carboxylic acids is 1. The highest BCUT2D eigenvalue weighted by atomic mass is 32.3. The normalized spacial score (nSPS) is 20.8. The molecule has 2 aromatic rings. The monoisotopic (exact) mass is 668 g/mol. The Morgan fingerprint density at radius 2 is 2.00 bits per heavy atom. The van der Waals surface area contributed by atoms with Crippen LogP contribution in [0.4, 0.5) is 5.13 Å². The predicted octanol–water partition coefficient (Wildman–Crippen LogP) is -0.806. The number of rotatable bonds is 13. The largest absolute Gasteiger partial charge is 0.489 e. The van der Waals surface area contributed by atoms with Gasteiger partial charge in [0.25, 0.3) is 17.9 Å². The fourth-order valence-electron chi connectivity index (χ4n) is 4.43. The van der Waals surface area contributed by atoms with Crippen molar-refractivity contribution in [3.63, 3.8) is 0 Å². The maximum atomic E-state index is 13.3. The van der Waals surface area contributed by atoms with Crippen molar-refractivity contribution in [1.82, 2.24) is 20.7 Å². The molecule has 18 nitrogen and oxygen atoms in total. The molecular weight excluding hydrogens is 636 g/mol. The Morgan fingerprint density at radius 1 is 1.31 bits per heavy atom. The lowest BCUT2D eigenvalue weighted by Gasteiger charge is -2.50. The van der Waals surface area contributed by atoms with Gasteiger partial charge in [-0.1, -0.05) is 5.16 Å². The molecule has 2 aliphatic rings. The summed E-state index contributed by atoms with van der Waals surface area (Å²) in [5, 5.41) is 19.5. The molecule has 4 rings (SSSR count). The number of aryl methyl sites for hydroxylation is 1. The van der Waals surface area contributed by atoms with E-state index in [0.717, 1.165) is 30.8 Å². The highest BCUT2D eigenvalue weighted by Crippen LogP contribution is 2.33. The number of amidine groups is 1. The maximum absolute atomic E-state index is 13.3. The summed E-state index contributed by atoms with van der Waals surface area (Å²) in [7, 11) is -5.02. The van der Waals surface area contributed by atoms with Crippen LogP contribution in [0.15, 0.2) is 34.4 Å². The van der Waals surface area contributed by atoms with Gasteiger partial charge in [0.15, 0.2) is 10.8 Å². The van der Waals surface area contributed by atoms with Crippen LogP contribution in [0.2, 0.25) is 0 Å². The number of anilines is 1. The number of ether oxygens (including phenoxy) is 1. The van der Waals surface area contributed by atoms with E-state index in [1.807, 2.05) is 0 Å². The van der Waals surface area contributed by atoms with E-state index in [1.165, 1.54) is 13.8 Å². The number of hydrogen-bond donors (Lipinski definition) is 6. The summed E-state index contributed by atoms with van der Waals surface area (Å²) < 4.78 is 41.0. The van der Waals surface area contributed by atoms with E-state index in [4.69, 9.17) is 25.6 Å². The quantitative estimate of drug-likeness (QED) is 0.0501. The number of hydroxylamine groups is 2. The van der Waals surface area contributed by atoms with Crippen LogP contribution in [0.5, 0.6) is 5.75 Å². The Bertz CT molecular complexity index is 1620. The van der Waals surface area contributed by atoms with Gasteiger partial charge in [-0.05, 0) is 58.0 Å². The summed E-state index contributed by atoms with van der Waals surface area (Å²) in [4.78, 5) is 52.0. The first-order valence-corrected chi connectivity index (χ1v) is 15.5. The van der Waals surface area contributed by atoms with Gasteiger partial charge in [-0.2, -0.15) is 13.5 Å². The third kappa shape index (κ3) is 8.02. The van der Waals surface area contributed by atoms with Crippen molar-refractivity contribution in [3.8, 4) is 5.75 Å². The lowest BCUT2D eigenvalue weighted by molar-refractivity contribution is -0.218. The molecule has 0 aliphatic carbocycles. The first kappa shape index (κ1) is 33.5. The van der Waals surface area contributed by atoms with Crippen molar-refractivity contribution in [1.29, 1.82) is 0 Å². The molecule has 2 aliphatic heterocycles. The molecule has 0 spiro atoms. The van der Waals surface area contributed by atoms with Crippen molar-refractivity contribution in [3.05, 3.63) is 40.4 Å². The Labute approximate surface area is 261 Å². The zero-order valence-corrected chi connectivity index (χ0v) is 25.9. The third-order valence-electron chi connectivity index (χ3n) is 6.83. The van der Waals surface area contributed by atoms with Crippen LogP contribution in [-0.2, 0) is 33.9 Å². The zero-order valence-electron chi connectivity index (χ0n) is 24.3. The van der Waals surface area contributed by atoms with E-state index >= 15 is 0 Å². The maximum Gasteiger partial charge on any atom is 0.418 e. The smallest absolute Gasteiger partial charge is 0.418 e. The number of thiazole rings is 1. The van der Waals surface area contributed by atoms with Gasteiger partial charge in [-0.25, -0.2) is 9.78 Å². The van der Waals surface area contributed by atoms with Gasteiger partial charge >= 0.3 is 16.4 Å². The fraction of sp³-hybridized carbons (Fsp3) is 0.440. The standard InChI is InChI=1S/C25H32N8O10S2/c1-12-17(30-24(27)44-12)18(21(34)31-19-22(35)33(25(19,2)3)43-45(38,39)40)32-42-16(23(36)37)11-41-15-6-4-13(5-7-15)20(26)29-14-8-9-28-10-14/h4-7,14,16,19,28H,8-11H2,1-3H3,(H2,26,29)(H2,27,30)(H,31,34)(H,36,37)(H,38,39,40). The molecule has 0 radical (unpaired) electrons. The summed E-state index contributed by atoms with van der Waals surface area (Å²) in [5.74, 6) is -2.80. The molecule has 2 amide bonds. The number of β-lactam (4-membered cyclic amide) rings is 1. The van der Waals surface area contributed by atoms with E-state index in [1.54, 1.807) is 31.2 Å². The number of aliphatic imine (C=N–C) groups is 1. The minimum absolute atomic E-state index is 0.0427. The van der Waals surface area contributed by atoms with E-state index in [9.17, 15) is 27.9 Å². The minimum atomic E-state index is -5.02. The Balaban J connectivity index is 1.47. The van der Waals surface area contributed by atoms with Gasteiger partial charge in [0.05, 0.1) is 11.6 Å². The number of nitrogens with zero attached hydrogens (tertiary/aromatic N) is 4. The second kappa shape index (κ2) is 13.3. The minimum Gasteiger partial charge on any atom is -0.489 e. The number of nitrogen functional groups attached to an aromatic ring is 1. The highest BCUT2D eigenvalue weighted by molar-refractivity contribution is 7.80.